The molecule has 1 saturated heterocycles. The SMILES string of the molecule is Cc1c(-c2cccc(N3CC[C@H](C(=O)N=C(N)c4ccccc4OC(F)(F)F)C[C@@H]3C)c2)ccnc1N. The van der Waals surface area contributed by atoms with Gasteiger partial charge in [0.2, 0.25) is 0 Å². The normalized spacial score (nSPS) is 18.5. The van der Waals surface area contributed by atoms with Crippen LogP contribution in [0.1, 0.15) is 30.9 Å². The summed E-state index contributed by atoms with van der Waals surface area (Å²) >= 11 is 0. The highest BCUT2D eigenvalue weighted by Gasteiger charge is 2.33. The number of rotatable bonds is 5. The number of hydrogen-bond donors (Lipinski definition) is 2. The lowest BCUT2D eigenvalue weighted by atomic mass is 9.90. The molecular formula is C27H28F3N5O2. The van der Waals surface area contributed by atoms with E-state index in [1.807, 2.05) is 38.1 Å². The molecule has 4 rings (SSSR count). The number of amidine groups is 1. The Balaban J connectivity index is 1.48. The lowest BCUT2D eigenvalue weighted by Gasteiger charge is -2.38. The van der Waals surface area contributed by atoms with Crippen LogP contribution in [-0.4, -0.2) is 35.7 Å². The van der Waals surface area contributed by atoms with Gasteiger partial charge in [-0.2, -0.15) is 4.99 Å². The molecule has 2 heterocycles. The third kappa shape index (κ3) is 6.02. The summed E-state index contributed by atoms with van der Waals surface area (Å²) in [6.07, 6.45) is -2.14. The van der Waals surface area contributed by atoms with Gasteiger partial charge in [0.15, 0.2) is 0 Å². The Morgan fingerprint density at radius 3 is 2.65 bits per heavy atom. The van der Waals surface area contributed by atoms with Crippen molar-refractivity contribution in [2.24, 2.45) is 16.6 Å². The van der Waals surface area contributed by atoms with Crippen molar-refractivity contribution in [1.82, 2.24) is 4.98 Å². The van der Waals surface area contributed by atoms with Gasteiger partial charge < -0.3 is 21.1 Å². The predicted molar refractivity (Wildman–Crippen MR) is 137 cm³/mol. The standard InChI is InChI=1S/C27H28F3N5O2/c1-16-14-19(26(36)34-25(32)22-8-3-4-9-23(22)37-27(28,29)30)11-13-35(16)20-7-5-6-18(15-20)21-10-12-33-24(31)17(21)2/h3-10,12,15-16,19H,11,13-14H2,1-2H3,(H2,31,33)(H2,32,34,36)/t16-,19-/m0/s1. The molecule has 1 aliphatic rings. The number of alkyl halides is 3. The molecule has 1 aliphatic heterocycles. The largest absolute Gasteiger partial charge is 0.573 e. The lowest BCUT2D eigenvalue weighted by molar-refractivity contribution is -0.274. The van der Waals surface area contributed by atoms with E-state index in [1.54, 1.807) is 6.20 Å². The number of halogens is 3. The van der Waals surface area contributed by atoms with Crippen LogP contribution >= 0.6 is 0 Å². The summed E-state index contributed by atoms with van der Waals surface area (Å²) in [6, 6.07) is 15.4. The van der Waals surface area contributed by atoms with Crippen LogP contribution in [0.15, 0.2) is 65.8 Å². The van der Waals surface area contributed by atoms with E-state index in [4.69, 9.17) is 11.5 Å². The van der Waals surface area contributed by atoms with Crippen LogP contribution in [-0.2, 0) is 4.79 Å². The Bertz CT molecular complexity index is 1330. The highest BCUT2D eigenvalue weighted by Crippen LogP contribution is 2.33. The van der Waals surface area contributed by atoms with Gasteiger partial charge in [0.25, 0.3) is 5.91 Å². The number of nitrogens with two attached hydrogens (primary N) is 2. The third-order valence-corrected chi connectivity index (χ3v) is 6.58. The van der Waals surface area contributed by atoms with E-state index in [-0.39, 0.29) is 17.4 Å². The molecule has 1 fully saturated rings. The Morgan fingerprint density at radius 2 is 1.92 bits per heavy atom. The zero-order valence-corrected chi connectivity index (χ0v) is 20.5. The van der Waals surface area contributed by atoms with Crippen LogP contribution in [0, 0.1) is 12.8 Å². The van der Waals surface area contributed by atoms with E-state index < -0.39 is 23.9 Å². The van der Waals surface area contributed by atoms with Crippen LogP contribution < -0.4 is 21.1 Å². The molecule has 0 unspecified atom stereocenters. The summed E-state index contributed by atoms with van der Waals surface area (Å²) in [5, 5.41) is 0. The molecule has 0 aliphatic carbocycles. The predicted octanol–water partition coefficient (Wildman–Crippen LogP) is 5.07. The van der Waals surface area contributed by atoms with Crippen LogP contribution in [0.2, 0.25) is 0 Å². The number of ether oxygens (including phenoxy) is 1. The Kier molecular flexibility index (Phi) is 7.37. The van der Waals surface area contributed by atoms with E-state index in [2.05, 4.69) is 25.7 Å². The van der Waals surface area contributed by atoms with Gasteiger partial charge in [-0.3, -0.25) is 4.79 Å². The highest BCUT2D eigenvalue weighted by atomic mass is 19.4. The number of para-hydroxylation sites is 1. The number of benzene rings is 2. The van der Waals surface area contributed by atoms with Crippen molar-refractivity contribution in [3.05, 3.63) is 71.9 Å². The van der Waals surface area contributed by atoms with Crippen molar-refractivity contribution in [3.8, 4) is 16.9 Å². The van der Waals surface area contributed by atoms with E-state index >= 15 is 0 Å². The first-order valence-electron chi connectivity index (χ1n) is 11.8. The number of carbonyl (C=O) groups is 1. The fourth-order valence-electron chi connectivity index (χ4n) is 4.66. The van der Waals surface area contributed by atoms with Crippen molar-refractivity contribution in [2.45, 2.75) is 39.1 Å². The highest BCUT2D eigenvalue weighted by molar-refractivity contribution is 6.06. The molecule has 7 nitrogen and oxygen atoms in total. The molecule has 0 radical (unpaired) electrons. The van der Waals surface area contributed by atoms with Crippen LogP contribution in [0.3, 0.4) is 0 Å². The fraction of sp³-hybridized carbons (Fsp3) is 0.296. The van der Waals surface area contributed by atoms with Gasteiger partial charge in [0.05, 0.1) is 5.56 Å². The molecule has 0 bridgehead atoms. The van der Waals surface area contributed by atoms with E-state index in [0.29, 0.717) is 25.2 Å². The van der Waals surface area contributed by atoms with Crippen molar-refractivity contribution in [1.29, 1.82) is 0 Å². The number of nitrogens with zero attached hydrogens (tertiary/aromatic N) is 3. The minimum Gasteiger partial charge on any atom is -0.405 e. The molecule has 194 valence electrons. The number of hydrogen-bond acceptors (Lipinski definition) is 5. The second kappa shape index (κ2) is 10.5. The van der Waals surface area contributed by atoms with Gasteiger partial charge in [0, 0.05) is 30.4 Å². The van der Waals surface area contributed by atoms with Gasteiger partial charge in [-0.05, 0) is 73.7 Å². The summed E-state index contributed by atoms with van der Waals surface area (Å²) in [7, 11) is 0. The average Bonchev–Trinajstić information content (AvgIpc) is 2.85. The quantitative estimate of drug-likeness (QED) is 0.366. The Labute approximate surface area is 213 Å². The van der Waals surface area contributed by atoms with E-state index in [9.17, 15) is 18.0 Å². The number of aromatic nitrogens is 1. The van der Waals surface area contributed by atoms with Crippen molar-refractivity contribution < 1.29 is 22.7 Å². The monoisotopic (exact) mass is 511 g/mol. The Hall–Kier alpha value is -4.08. The zero-order chi connectivity index (χ0) is 26.7. The van der Waals surface area contributed by atoms with E-state index in [1.165, 1.54) is 18.2 Å². The van der Waals surface area contributed by atoms with Crippen LogP contribution in [0.25, 0.3) is 11.1 Å². The topological polar surface area (TPSA) is 107 Å². The van der Waals surface area contributed by atoms with Gasteiger partial charge >= 0.3 is 6.36 Å². The molecular weight excluding hydrogens is 483 g/mol. The second-order valence-corrected chi connectivity index (χ2v) is 9.06. The van der Waals surface area contributed by atoms with Gasteiger partial charge in [0.1, 0.15) is 17.4 Å². The van der Waals surface area contributed by atoms with Crippen LogP contribution in [0.5, 0.6) is 5.75 Å². The smallest absolute Gasteiger partial charge is 0.405 e. The van der Waals surface area contributed by atoms with Crippen molar-refractivity contribution >= 4 is 23.2 Å². The van der Waals surface area contributed by atoms with Gasteiger partial charge in [-0.25, -0.2) is 4.98 Å². The molecule has 37 heavy (non-hydrogen) atoms. The molecule has 1 amide bonds. The number of anilines is 2. The molecule has 0 saturated carbocycles. The first kappa shape index (κ1) is 26.0. The minimum absolute atomic E-state index is 0.0267. The summed E-state index contributed by atoms with van der Waals surface area (Å²) in [5.74, 6) is -1.17. The first-order chi connectivity index (χ1) is 17.5. The number of carbonyl (C=O) groups excluding carboxylic acids is 1. The summed E-state index contributed by atoms with van der Waals surface area (Å²) in [4.78, 5) is 23.2. The summed E-state index contributed by atoms with van der Waals surface area (Å²) < 4.78 is 42.2. The number of amides is 1. The maximum absolute atomic E-state index is 12.9. The molecule has 0 spiro atoms. The number of aliphatic imine (C=N–C) groups is 1. The minimum atomic E-state index is -4.89. The number of nitrogen functional groups attached to an aromatic ring is 1. The average molecular weight is 512 g/mol. The summed E-state index contributed by atoms with van der Waals surface area (Å²) in [6.45, 7) is 4.58. The van der Waals surface area contributed by atoms with Crippen LogP contribution in [0.4, 0.5) is 24.7 Å². The Morgan fingerprint density at radius 1 is 1.16 bits per heavy atom. The zero-order valence-electron chi connectivity index (χ0n) is 20.5. The molecule has 3 aromatic rings. The maximum atomic E-state index is 12.9. The number of piperidine rings is 1. The molecule has 2 aromatic carbocycles. The lowest BCUT2D eigenvalue weighted by Crippen LogP contribution is -2.42. The van der Waals surface area contributed by atoms with E-state index in [0.717, 1.165) is 28.4 Å². The first-order valence-corrected chi connectivity index (χ1v) is 11.8. The van der Waals surface area contributed by atoms with Crippen molar-refractivity contribution in [3.63, 3.8) is 0 Å². The maximum Gasteiger partial charge on any atom is 0.573 e. The van der Waals surface area contributed by atoms with Gasteiger partial charge in [-0.15, -0.1) is 13.2 Å². The third-order valence-electron chi connectivity index (χ3n) is 6.58. The molecule has 1 aromatic heterocycles. The number of pyridine rings is 1. The second-order valence-electron chi connectivity index (χ2n) is 9.06. The van der Waals surface area contributed by atoms with Gasteiger partial charge in [-0.1, -0.05) is 24.3 Å². The van der Waals surface area contributed by atoms with Crippen molar-refractivity contribution in [2.75, 3.05) is 17.2 Å². The fourth-order valence-corrected chi connectivity index (χ4v) is 4.66. The molecule has 4 N–H and O–H groups in total. The summed E-state index contributed by atoms with van der Waals surface area (Å²) in [5.41, 5.74) is 15.8. The molecule has 10 heteroatoms. The molecule has 2 atom stereocenters.